The van der Waals surface area contributed by atoms with E-state index in [0.717, 1.165) is 49.0 Å². The SMILES string of the molecule is CC(C)[C@@H]1C(=O)N(S(C)(=O)=O)C2=CCN(C(=O)c3ccc(CN4CCN(c5ccccc5)CC4)[nH]3)[C@H]21. The van der Waals surface area contributed by atoms with Gasteiger partial charge in [-0.1, -0.05) is 32.0 Å². The Morgan fingerprint density at radius 1 is 1.06 bits per heavy atom. The summed E-state index contributed by atoms with van der Waals surface area (Å²) in [5.74, 6) is -1.38. The number of benzene rings is 1. The normalized spacial score (nSPS) is 22.9. The molecule has 5 rings (SSSR count). The minimum absolute atomic E-state index is 0.111. The van der Waals surface area contributed by atoms with Crippen molar-refractivity contribution in [3.8, 4) is 0 Å². The summed E-state index contributed by atoms with van der Waals surface area (Å²) in [4.78, 5) is 36.1. The van der Waals surface area contributed by atoms with E-state index in [-0.39, 0.29) is 18.4 Å². The standard InChI is InChI=1S/C26H33N5O4S/c1-18(2)23-24-22(31(26(23)33)36(3,34)35)11-12-30(24)25(32)21-10-9-19(27-21)17-28-13-15-29(16-14-28)20-7-5-4-6-8-20/h4-11,18,23-24,27H,12-17H2,1-3H3/t23-,24+/m0/s1. The smallest absolute Gasteiger partial charge is 0.271 e. The van der Waals surface area contributed by atoms with Crippen LogP contribution in [0.15, 0.2) is 54.2 Å². The number of nitrogens with zero attached hydrogens (tertiary/aromatic N) is 4. The lowest BCUT2D eigenvalue weighted by molar-refractivity contribution is -0.128. The number of aromatic amines is 1. The van der Waals surface area contributed by atoms with Gasteiger partial charge >= 0.3 is 0 Å². The molecule has 1 aromatic carbocycles. The molecule has 36 heavy (non-hydrogen) atoms. The molecule has 3 aliphatic heterocycles. The number of rotatable bonds is 6. The van der Waals surface area contributed by atoms with Crippen molar-refractivity contribution >= 4 is 27.5 Å². The first-order valence-corrected chi connectivity index (χ1v) is 14.3. The van der Waals surface area contributed by atoms with Crippen LogP contribution in [0.3, 0.4) is 0 Å². The average Bonchev–Trinajstić information content (AvgIpc) is 3.53. The highest BCUT2D eigenvalue weighted by molar-refractivity contribution is 7.89. The molecule has 2 fully saturated rings. The Balaban J connectivity index is 1.25. The summed E-state index contributed by atoms with van der Waals surface area (Å²) in [6.07, 6.45) is 2.73. The van der Waals surface area contributed by atoms with E-state index in [9.17, 15) is 18.0 Å². The molecule has 3 aliphatic rings. The molecule has 0 aliphatic carbocycles. The molecule has 2 saturated heterocycles. The molecule has 0 radical (unpaired) electrons. The zero-order chi connectivity index (χ0) is 25.6. The predicted molar refractivity (Wildman–Crippen MR) is 138 cm³/mol. The molecule has 4 heterocycles. The van der Waals surface area contributed by atoms with E-state index in [1.54, 1.807) is 17.0 Å². The van der Waals surface area contributed by atoms with Gasteiger partial charge in [0.05, 0.1) is 23.9 Å². The number of para-hydroxylation sites is 1. The number of amides is 2. The van der Waals surface area contributed by atoms with Crippen LogP contribution in [0.2, 0.25) is 0 Å². The van der Waals surface area contributed by atoms with Gasteiger partial charge in [0.25, 0.3) is 5.91 Å². The minimum Gasteiger partial charge on any atom is -0.369 e. The van der Waals surface area contributed by atoms with Crippen LogP contribution in [-0.2, 0) is 21.4 Å². The third-order valence-electron chi connectivity index (χ3n) is 7.37. The molecule has 0 unspecified atom stereocenters. The largest absolute Gasteiger partial charge is 0.369 e. The van der Waals surface area contributed by atoms with Crippen LogP contribution in [0.1, 0.15) is 30.0 Å². The maximum absolute atomic E-state index is 13.5. The average molecular weight is 512 g/mol. The topological polar surface area (TPSA) is 97.0 Å². The van der Waals surface area contributed by atoms with Gasteiger partial charge in [0.15, 0.2) is 0 Å². The number of H-pyrrole nitrogens is 1. The molecule has 2 aromatic rings. The Morgan fingerprint density at radius 2 is 1.75 bits per heavy atom. The van der Waals surface area contributed by atoms with E-state index >= 15 is 0 Å². The maximum atomic E-state index is 13.5. The monoisotopic (exact) mass is 511 g/mol. The number of aromatic nitrogens is 1. The lowest BCUT2D eigenvalue weighted by atomic mass is 9.89. The zero-order valence-electron chi connectivity index (χ0n) is 20.9. The van der Waals surface area contributed by atoms with E-state index in [4.69, 9.17) is 0 Å². The number of carbonyl (C=O) groups is 2. The summed E-state index contributed by atoms with van der Waals surface area (Å²) in [6, 6.07) is 13.6. The number of fused-ring (bicyclic) bond motifs is 1. The first-order valence-electron chi connectivity index (χ1n) is 12.4. The lowest BCUT2D eigenvalue weighted by Crippen LogP contribution is -2.46. The predicted octanol–water partition coefficient (Wildman–Crippen LogP) is 2.12. The molecular formula is C26H33N5O4S. The Morgan fingerprint density at radius 3 is 2.39 bits per heavy atom. The number of nitrogens with one attached hydrogen (secondary N) is 1. The van der Waals surface area contributed by atoms with Crippen LogP contribution in [0.4, 0.5) is 5.69 Å². The van der Waals surface area contributed by atoms with Crippen LogP contribution < -0.4 is 4.90 Å². The number of sulfonamides is 1. The fourth-order valence-corrected chi connectivity index (χ4v) is 6.65. The molecule has 0 bridgehead atoms. The van der Waals surface area contributed by atoms with E-state index in [1.165, 1.54) is 5.69 Å². The summed E-state index contributed by atoms with van der Waals surface area (Å²) in [5, 5.41) is 0. The number of anilines is 1. The molecule has 1 aromatic heterocycles. The summed E-state index contributed by atoms with van der Waals surface area (Å²) in [5.41, 5.74) is 3.05. The Hall–Kier alpha value is -3.11. The van der Waals surface area contributed by atoms with Crippen LogP contribution in [0.5, 0.6) is 0 Å². The molecule has 2 atom stereocenters. The highest BCUT2D eigenvalue weighted by Gasteiger charge is 2.54. The van der Waals surface area contributed by atoms with Crippen molar-refractivity contribution in [1.29, 1.82) is 0 Å². The van der Waals surface area contributed by atoms with Crippen LogP contribution in [0, 0.1) is 11.8 Å². The highest BCUT2D eigenvalue weighted by atomic mass is 32.2. The summed E-state index contributed by atoms with van der Waals surface area (Å²) in [7, 11) is -3.76. The van der Waals surface area contributed by atoms with Crippen molar-refractivity contribution in [3.05, 3.63) is 65.6 Å². The van der Waals surface area contributed by atoms with E-state index in [0.29, 0.717) is 11.4 Å². The molecule has 0 spiro atoms. The number of hydrogen-bond acceptors (Lipinski definition) is 6. The lowest BCUT2D eigenvalue weighted by Gasteiger charge is -2.35. The molecule has 2 amide bonds. The number of piperazine rings is 1. The van der Waals surface area contributed by atoms with Gasteiger partial charge in [0.2, 0.25) is 15.9 Å². The summed E-state index contributed by atoms with van der Waals surface area (Å²) in [6.45, 7) is 8.52. The van der Waals surface area contributed by atoms with E-state index < -0.39 is 27.9 Å². The second kappa shape index (κ2) is 9.40. The van der Waals surface area contributed by atoms with Crippen molar-refractivity contribution in [2.75, 3.05) is 43.9 Å². The van der Waals surface area contributed by atoms with Gasteiger partial charge in [-0.3, -0.25) is 14.5 Å². The van der Waals surface area contributed by atoms with E-state index in [1.807, 2.05) is 26.0 Å². The van der Waals surface area contributed by atoms with Crippen LogP contribution in [0.25, 0.3) is 0 Å². The molecule has 1 N–H and O–H groups in total. The fourth-order valence-electron chi connectivity index (χ4n) is 5.63. The first-order chi connectivity index (χ1) is 17.1. The molecule has 10 heteroatoms. The minimum atomic E-state index is -3.76. The van der Waals surface area contributed by atoms with Gasteiger partial charge in [0.1, 0.15) is 5.69 Å². The molecule has 192 valence electrons. The van der Waals surface area contributed by atoms with Gasteiger partial charge in [-0.15, -0.1) is 0 Å². The third kappa shape index (κ3) is 4.43. The second-order valence-corrected chi connectivity index (χ2v) is 12.0. The van der Waals surface area contributed by atoms with Crippen molar-refractivity contribution in [1.82, 2.24) is 19.1 Å². The zero-order valence-corrected chi connectivity index (χ0v) is 21.7. The quantitative estimate of drug-likeness (QED) is 0.638. The fraction of sp³-hybridized carbons (Fsp3) is 0.462. The summed E-state index contributed by atoms with van der Waals surface area (Å²) < 4.78 is 25.6. The van der Waals surface area contributed by atoms with Gasteiger partial charge in [0, 0.05) is 50.6 Å². The van der Waals surface area contributed by atoms with Crippen LogP contribution >= 0.6 is 0 Å². The Labute approximate surface area is 212 Å². The highest BCUT2D eigenvalue weighted by Crippen LogP contribution is 2.41. The van der Waals surface area contributed by atoms with Crippen molar-refractivity contribution < 1.29 is 18.0 Å². The van der Waals surface area contributed by atoms with E-state index in [2.05, 4.69) is 39.0 Å². The Kier molecular flexibility index (Phi) is 6.42. The third-order valence-corrected chi connectivity index (χ3v) is 8.43. The molecule has 9 nitrogen and oxygen atoms in total. The van der Waals surface area contributed by atoms with Gasteiger partial charge in [-0.2, -0.15) is 0 Å². The maximum Gasteiger partial charge on any atom is 0.271 e. The van der Waals surface area contributed by atoms with Gasteiger partial charge in [-0.25, -0.2) is 12.7 Å². The Bertz CT molecular complexity index is 1280. The van der Waals surface area contributed by atoms with Crippen molar-refractivity contribution in [2.45, 2.75) is 26.4 Å². The number of hydrogen-bond donors (Lipinski definition) is 1. The van der Waals surface area contributed by atoms with Crippen molar-refractivity contribution in [2.24, 2.45) is 11.8 Å². The van der Waals surface area contributed by atoms with Gasteiger partial charge in [-0.05, 0) is 36.3 Å². The number of carbonyl (C=O) groups excluding carboxylic acids is 2. The second-order valence-electron chi connectivity index (χ2n) is 10.2. The van der Waals surface area contributed by atoms with Crippen LogP contribution in [-0.4, -0.2) is 84.3 Å². The van der Waals surface area contributed by atoms with Crippen molar-refractivity contribution in [3.63, 3.8) is 0 Å². The first kappa shape index (κ1) is 24.6. The molecule has 0 saturated carbocycles. The summed E-state index contributed by atoms with van der Waals surface area (Å²) >= 11 is 0. The molecular weight excluding hydrogens is 478 g/mol. The van der Waals surface area contributed by atoms with Gasteiger partial charge < -0.3 is 14.8 Å².